The van der Waals surface area contributed by atoms with Crippen LogP contribution in [0.2, 0.25) is 0 Å². The Kier molecular flexibility index (Phi) is 15.0. The van der Waals surface area contributed by atoms with Crippen molar-refractivity contribution in [2.75, 3.05) is 25.1 Å². The third kappa shape index (κ3) is 14.6. The van der Waals surface area contributed by atoms with Crippen LogP contribution in [0.1, 0.15) is 32.1 Å². The fourth-order valence-electron chi connectivity index (χ4n) is 2.53. The summed E-state index contributed by atoms with van der Waals surface area (Å²) in [7, 11) is 0. The fourth-order valence-corrected chi connectivity index (χ4v) is 3.00. The number of thioether (sulfide) groups is 1. The number of amides is 3. The number of nitrogens with one attached hydrogen (secondary N) is 3. The minimum atomic E-state index is -1.30. The van der Waals surface area contributed by atoms with Crippen molar-refractivity contribution in [2.24, 2.45) is 22.2 Å². The predicted molar refractivity (Wildman–Crippen MR) is 122 cm³/mol. The van der Waals surface area contributed by atoms with Gasteiger partial charge in [-0.3, -0.25) is 29.0 Å². The molecular weight excluding hydrogens is 458 g/mol. The second-order valence-electron chi connectivity index (χ2n) is 7.00. The molecule has 0 aliphatic carbocycles. The van der Waals surface area contributed by atoms with E-state index >= 15 is 0 Å². The summed E-state index contributed by atoms with van der Waals surface area (Å²) in [6, 6.07) is -3.26. The lowest BCUT2D eigenvalue weighted by molar-refractivity contribution is -0.140. The first-order chi connectivity index (χ1) is 15.5. The van der Waals surface area contributed by atoms with E-state index in [1.54, 1.807) is 6.26 Å². The van der Waals surface area contributed by atoms with Gasteiger partial charge in [-0.2, -0.15) is 11.8 Å². The van der Waals surface area contributed by atoms with Gasteiger partial charge in [-0.25, -0.2) is 0 Å². The Balaban J connectivity index is 5.15. The van der Waals surface area contributed by atoms with Gasteiger partial charge in [0, 0.05) is 13.0 Å². The average Bonchev–Trinajstić information content (AvgIpc) is 2.74. The predicted octanol–water partition coefficient (Wildman–Crippen LogP) is -2.84. The first kappa shape index (κ1) is 29.9. The molecule has 0 aromatic rings. The lowest BCUT2D eigenvalue weighted by atomic mass is 10.1. The van der Waals surface area contributed by atoms with E-state index < -0.39 is 60.8 Å². The van der Waals surface area contributed by atoms with Gasteiger partial charge in [0.25, 0.3) is 0 Å². The van der Waals surface area contributed by atoms with E-state index in [0.29, 0.717) is 12.2 Å². The van der Waals surface area contributed by atoms with Crippen LogP contribution in [0.15, 0.2) is 4.99 Å². The van der Waals surface area contributed by atoms with Crippen LogP contribution in [-0.2, 0) is 24.0 Å². The van der Waals surface area contributed by atoms with Crippen molar-refractivity contribution in [1.29, 1.82) is 0 Å². The van der Waals surface area contributed by atoms with Gasteiger partial charge in [-0.1, -0.05) is 0 Å². The Morgan fingerprint density at radius 2 is 1.52 bits per heavy atom. The summed E-state index contributed by atoms with van der Waals surface area (Å²) in [5.74, 6) is -4.22. The van der Waals surface area contributed by atoms with Crippen molar-refractivity contribution in [3.05, 3.63) is 0 Å². The number of guanidine groups is 1. The van der Waals surface area contributed by atoms with Crippen molar-refractivity contribution >= 4 is 47.4 Å². The molecule has 0 heterocycles. The Morgan fingerprint density at radius 1 is 0.909 bits per heavy atom. The summed E-state index contributed by atoms with van der Waals surface area (Å²) in [6.07, 6.45) is 2.03. The maximum Gasteiger partial charge on any atom is 0.322 e. The van der Waals surface area contributed by atoms with Gasteiger partial charge in [0.2, 0.25) is 17.7 Å². The molecule has 0 spiro atoms. The minimum Gasteiger partial charge on any atom is -0.481 e. The number of carboxylic acid groups (broad SMARTS) is 2. The molecule has 0 saturated carbocycles. The molecule has 0 rings (SSSR count). The lowest BCUT2D eigenvalue weighted by Gasteiger charge is -2.23. The summed E-state index contributed by atoms with van der Waals surface area (Å²) in [6.45, 7) is -0.407. The number of hydrogen-bond donors (Lipinski definition) is 8. The van der Waals surface area contributed by atoms with Crippen LogP contribution in [0.5, 0.6) is 0 Å². The standard InChI is InChI=1S/C18H33N7O7S/c1-33-8-6-12(24-15(30)10(19)3-2-7-22-18(20)21)17(32)25-11(4-5-13(26)27)16(31)23-9-14(28)29/h10-12H,2-9,19H2,1H3,(H,23,31)(H,24,30)(H,25,32)(H,26,27)(H,28,29)(H4,20,21,22). The van der Waals surface area contributed by atoms with Gasteiger partial charge in [0.15, 0.2) is 5.96 Å². The van der Waals surface area contributed by atoms with Crippen molar-refractivity contribution in [3.8, 4) is 0 Å². The molecule has 0 radical (unpaired) electrons. The number of carboxylic acids is 2. The quantitative estimate of drug-likeness (QED) is 0.0584. The molecule has 3 amide bonds. The molecule has 0 aromatic carbocycles. The van der Waals surface area contributed by atoms with Crippen molar-refractivity contribution in [1.82, 2.24) is 16.0 Å². The first-order valence-electron chi connectivity index (χ1n) is 10.1. The van der Waals surface area contributed by atoms with E-state index in [9.17, 15) is 24.0 Å². The van der Waals surface area contributed by atoms with Gasteiger partial charge >= 0.3 is 11.9 Å². The van der Waals surface area contributed by atoms with Gasteiger partial charge in [-0.05, 0) is 37.7 Å². The monoisotopic (exact) mass is 491 g/mol. The zero-order chi connectivity index (χ0) is 25.4. The molecule has 15 heteroatoms. The molecule has 0 aliphatic heterocycles. The van der Waals surface area contributed by atoms with Gasteiger partial charge < -0.3 is 43.4 Å². The molecule has 0 aliphatic rings. The highest BCUT2D eigenvalue weighted by Crippen LogP contribution is 2.05. The van der Waals surface area contributed by atoms with Gasteiger partial charge in [0.05, 0.1) is 6.04 Å². The largest absolute Gasteiger partial charge is 0.481 e. The first-order valence-corrected chi connectivity index (χ1v) is 11.5. The Labute approximate surface area is 195 Å². The van der Waals surface area contributed by atoms with Crippen LogP contribution < -0.4 is 33.2 Å². The van der Waals surface area contributed by atoms with Crippen LogP contribution in [0.4, 0.5) is 0 Å². The van der Waals surface area contributed by atoms with Gasteiger partial charge in [-0.15, -0.1) is 0 Å². The maximum atomic E-state index is 12.8. The number of rotatable bonds is 17. The van der Waals surface area contributed by atoms with E-state index in [1.807, 2.05) is 0 Å². The number of aliphatic carboxylic acids is 2. The topological polar surface area (TPSA) is 252 Å². The normalized spacial score (nSPS) is 13.2. The highest BCUT2D eigenvalue weighted by Gasteiger charge is 2.28. The number of nitrogens with zero attached hydrogens (tertiary/aromatic N) is 1. The molecule has 33 heavy (non-hydrogen) atoms. The maximum absolute atomic E-state index is 12.8. The Bertz CT molecular complexity index is 716. The van der Waals surface area contributed by atoms with Crippen LogP contribution in [0, 0.1) is 0 Å². The summed E-state index contributed by atoms with van der Waals surface area (Å²) >= 11 is 1.43. The average molecular weight is 492 g/mol. The third-order valence-corrected chi connectivity index (χ3v) is 4.89. The van der Waals surface area contributed by atoms with Crippen LogP contribution in [0.25, 0.3) is 0 Å². The van der Waals surface area contributed by atoms with E-state index in [0.717, 1.165) is 0 Å². The molecule has 14 nitrogen and oxygen atoms in total. The molecule has 3 unspecified atom stereocenters. The molecule has 188 valence electrons. The third-order valence-electron chi connectivity index (χ3n) is 4.24. The summed E-state index contributed by atoms with van der Waals surface area (Å²) in [5.41, 5.74) is 16.3. The molecule has 0 saturated heterocycles. The molecule has 11 N–H and O–H groups in total. The highest BCUT2D eigenvalue weighted by molar-refractivity contribution is 7.98. The van der Waals surface area contributed by atoms with E-state index in [1.165, 1.54) is 11.8 Å². The molecule has 0 fully saturated rings. The van der Waals surface area contributed by atoms with Gasteiger partial charge in [0.1, 0.15) is 18.6 Å². The SMILES string of the molecule is CSCCC(NC(=O)C(N)CCCN=C(N)N)C(=O)NC(CCC(=O)O)C(=O)NCC(=O)O. The van der Waals surface area contributed by atoms with Crippen molar-refractivity contribution in [3.63, 3.8) is 0 Å². The number of hydrogen-bond acceptors (Lipinski definition) is 8. The number of carbonyl (C=O) groups excluding carboxylic acids is 3. The molecular formula is C18H33N7O7S. The Hall–Kier alpha value is -3.07. The van der Waals surface area contributed by atoms with E-state index in [4.69, 9.17) is 27.4 Å². The number of aliphatic imine (C=N–C) groups is 1. The molecule has 0 bridgehead atoms. The summed E-state index contributed by atoms with van der Waals surface area (Å²) in [4.78, 5) is 62.8. The zero-order valence-electron chi connectivity index (χ0n) is 18.4. The summed E-state index contributed by atoms with van der Waals surface area (Å²) in [5, 5.41) is 24.6. The molecule has 0 aromatic heterocycles. The minimum absolute atomic E-state index is 0.0772. The zero-order valence-corrected chi connectivity index (χ0v) is 19.2. The lowest BCUT2D eigenvalue weighted by Crippen LogP contribution is -2.56. The number of nitrogens with two attached hydrogens (primary N) is 3. The molecule has 3 atom stereocenters. The van der Waals surface area contributed by atoms with Crippen LogP contribution in [-0.4, -0.2) is 89.1 Å². The summed E-state index contributed by atoms with van der Waals surface area (Å²) < 4.78 is 0. The second kappa shape index (κ2) is 16.5. The second-order valence-corrected chi connectivity index (χ2v) is 7.99. The smallest absolute Gasteiger partial charge is 0.322 e. The van der Waals surface area contributed by atoms with Crippen LogP contribution >= 0.6 is 11.8 Å². The van der Waals surface area contributed by atoms with Crippen LogP contribution in [0.3, 0.4) is 0 Å². The van der Waals surface area contributed by atoms with E-state index in [-0.39, 0.29) is 31.8 Å². The van der Waals surface area contributed by atoms with Crippen molar-refractivity contribution < 1.29 is 34.2 Å². The number of carbonyl (C=O) groups is 5. The highest BCUT2D eigenvalue weighted by atomic mass is 32.2. The van der Waals surface area contributed by atoms with Crippen molar-refractivity contribution in [2.45, 2.75) is 50.2 Å². The van der Waals surface area contributed by atoms with E-state index in [2.05, 4.69) is 20.9 Å². The fraction of sp³-hybridized carbons (Fsp3) is 0.667. The Morgan fingerprint density at radius 3 is 2.06 bits per heavy atom.